The predicted molar refractivity (Wildman–Crippen MR) is 138 cm³/mol. The van der Waals surface area contributed by atoms with Crippen molar-refractivity contribution in [3.8, 4) is 22.6 Å². The molecule has 0 amide bonds. The van der Waals surface area contributed by atoms with Crippen molar-refractivity contribution in [2.45, 2.75) is 51.8 Å². The third-order valence-corrected chi connectivity index (χ3v) is 7.86. The summed E-state index contributed by atoms with van der Waals surface area (Å²) in [5.41, 5.74) is 7.13. The van der Waals surface area contributed by atoms with Gasteiger partial charge in [-0.2, -0.15) is 5.10 Å². The quantitative estimate of drug-likeness (QED) is 0.531. The zero-order valence-corrected chi connectivity index (χ0v) is 20.9. The minimum absolute atomic E-state index is 0.556. The van der Waals surface area contributed by atoms with Crippen molar-refractivity contribution in [3.05, 3.63) is 65.5 Å². The van der Waals surface area contributed by atoms with Crippen molar-refractivity contribution < 1.29 is 9.47 Å². The average Bonchev–Trinajstić information content (AvgIpc) is 3.32. The minimum Gasteiger partial charge on any atom is -0.485 e. The number of rotatable bonds is 5. The van der Waals surface area contributed by atoms with Crippen LogP contribution in [0.15, 0.2) is 48.5 Å². The van der Waals surface area contributed by atoms with Gasteiger partial charge in [0.15, 0.2) is 0 Å². The molecule has 0 N–H and O–H groups in total. The molecule has 0 spiro atoms. The van der Waals surface area contributed by atoms with Crippen LogP contribution in [0.25, 0.3) is 16.8 Å². The Morgan fingerprint density at radius 2 is 1.66 bits per heavy atom. The second-order valence-corrected chi connectivity index (χ2v) is 10.4. The van der Waals surface area contributed by atoms with Crippen LogP contribution in [0.3, 0.4) is 0 Å². The lowest BCUT2D eigenvalue weighted by atomic mass is 9.88. The number of morpholine rings is 1. The van der Waals surface area contributed by atoms with Crippen LogP contribution < -0.4 is 4.74 Å². The minimum atomic E-state index is 0.556. The van der Waals surface area contributed by atoms with Gasteiger partial charge in [0.2, 0.25) is 0 Å². The molecule has 2 saturated heterocycles. The molecule has 2 fully saturated rings. The van der Waals surface area contributed by atoms with E-state index in [-0.39, 0.29) is 0 Å². The maximum Gasteiger partial charge on any atom is 0.146 e. The van der Waals surface area contributed by atoms with E-state index in [0.717, 1.165) is 55.7 Å². The molecule has 4 heterocycles. The fourth-order valence-corrected chi connectivity index (χ4v) is 5.68. The highest BCUT2D eigenvalue weighted by Crippen LogP contribution is 2.35. The van der Waals surface area contributed by atoms with Crippen molar-refractivity contribution in [2.75, 3.05) is 39.4 Å². The molecule has 0 bridgehead atoms. The first-order valence-electron chi connectivity index (χ1n) is 13.1. The van der Waals surface area contributed by atoms with Crippen LogP contribution >= 0.6 is 0 Å². The first kappa shape index (κ1) is 22.8. The summed E-state index contributed by atoms with van der Waals surface area (Å²) in [5, 5.41) is 4.92. The molecule has 3 aliphatic rings. The second kappa shape index (κ2) is 9.76. The normalized spacial score (nSPS) is 19.4. The molecule has 0 aliphatic carbocycles. The molecule has 0 saturated carbocycles. The first-order chi connectivity index (χ1) is 17.1. The van der Waals surface area contributed by atoms with E-state index in [0.29, 0.717) is 18.6 Å². The van der Waals surface area contributed by atoms with Crippen molar-refractivity contribution in [2.24, 2.45) is 0 Å². The molecule has 2 aromatic carbocycles. The third-order valence-electron chi connectivity index (χ3n) is 7.86. The van der Waals surface area contributed by atoms with Gasteiger partial charge < -0.3 is 14.4 Å². The van der Waals surface area contributed by atoms with Crippen LogP contribution in [0.4, 0.5) is 0 Å². The van der Waals surface area contributed by atoms with E-state index in [4.69, 9.17) is 14.6 Å². The lowest BCUT2D eigenvalue weighted by Crippen LogP contribution is -2.37. The van der Waals surface area contributed by atoms with E-state index in [1.165, 1.54) is 42.6 Å². The Hall–Kier alpha value is -2.67. The summed E-state index contributed by atoms with van der Waals surface area (Å²) in [6.07, 6.45) is 2.51. The molecule has 6 heteroatoms. The van der Waals surface area contributed by atoms with E-state index in [1.54, 1.807) is 0 Å². The van der Waals surface area contributed by atoms with E-state index < -0.39 is 0 Å². The highest BCUT2D eigenvalue weighted by molar-refractivity contribution is 5.69. The zero-order valence-electron chi connectivity index (χ0n) is 20.9. The number of piperidine rings is 1. The molecular weight excluding hydrogens is 436 g/mol. The van der Waals surface area contributed by atoms with Crippen LogP contribution in [0.2, 0.25) is 0 Å². The van der Waals surface area contributed by atoms with Crippen molar-refractivity contribution >= 4 is 0 Å². The largest absolute Gasteiger partial charge is 0.485 e. The monoisotopic (exact) mass is 472 g/mol. The Kier molecular flexibility index (Phi) is 6.35. The highest BCUT2D eigenvalue weighted by atomic mass is 16.5. The number of ether oxygens (including phenoxy) is 2. The summed E-state index contributed by atoms with van der Waals surface area (Å²) in [5.74, 6) is 1.58. The Balaban J connectivity index is 1.16. The average molecular weight is 473 g/mol. The van der Waals surface area contributed by atoms with Crippen LogP contribution in [0.1, 0.15) is 49.6 Å². The first-order valence-corrected chi connectivity index (χ1v) is 13.1. The van der Waals surface area contributed by atoms with Crippen LogP contribution in [-0.2, 0) is 17.9 Å². The predicted octanol–water partition coefficient (Wildman–Crippen LogP) is 4.85. The highest BCUT2D eigenvalue weighted by Gasteiger charge is 2.23. The summed E-state index contributed by atoms with van der Waals surface area (Å²) in [6.45, 7) is 12.0. The summed E-state index contributed by atoms with van der Waals surface area (Å²) in [7, 11) is 0. The molecule has 3 aromatic rings. The fourth-order valence-electron chi connectivity index (χ4n) is 5.68. The lowest BCUT2D eigenvalue weighted by Gasteiger charge is -2.34. The van der Waals surface area contributed by atoms with E-state index in [1.807, 2.05) is 0 Å². The molecule has 0 radical (unpaired) electrons. The summed E-state index contributed by atoms with van der Waals surface area (Å²) in [6, 6.07) is 18.5. The lowest BCUT2D eigenvalue weighted by molar-refractivity contribution is 0.0336. The van der Waals surface area contributed by atoms with Gasteiger partial charge in [-0.25, -0.2) is 4.68 Å². The van der Waals surface area contributed by atoms with Gasteiger partial charge in [-0.1, -0.05) is 30.3 Å². The summed E-state index contributed by atoms with van der Waals surface area (Å²) in [4.78, 5) is 4.99. The Labute approximate surface area is 208 Å². The number of hydrogen-bond donors (Lipinski definition) is 0. The van der Waals surface area contributed by atoms with Crippen molar-refractivity contribution in [1.82, 2.24) is 19.6 Å². The molecule has 6 nitrogen and oxygen atoms in total. The molecule has 3 aliphatic heterocycles. The van der Waals surface area contributed by atoms with Crippen LogP contribution in [-0.4, -0.2) is 65.0 Å². The third kappa shape index (κ3) is 4.75. The SMILES string of the molecule is CC(C)N1CCC(c2ccc(-c3ccc4c(c3)OCc3cc(CN5CCOCC5)nn3-4)cc2)CC1. The number of nitrogens with zero attached hydrogens (tertiary/aromatic N) is 4. The maximum absolute atomic E-state index is 6.16. The topological polar surface area (TPSA) is 42.8 Å². The molecule has 184 valence electrons. The van der Waals surface area contributed by atoms with Crippen molar-refractivity contribution in [1.29, 1.82) is 0 Å². The van der Waals surface area contributed by atoms with Gasteiger partial charge in [-0.05, 0) is 80.6 Å². The number of likely N-dealkylation sites (tertiary alicyclic amines) is 1. The van der Waals surface area contributed by atoms with E-state index in [2.05, 4.69) is 76.9 Å². The van der Waals surface area contributed by atoms with Gasteiger partial charge in [-0.15, -0.1) is 0 Å². The number of hydrogen-bond acceptors (Lipinski definition) is 5. The van der Waals surface area contributed by atoms with Gasteiger partial charge in [0, 0.05) is 25.7 Å². The summed E-state index contributed by atoms with van der Waals surface area (Å²) >= 11 is 0. The van der Waals surface area contributed by atoms with Crippen LogP contribution in [0, 0.1) is 0 Å². The standard InChI is InChI=1S/C29H36N4O2/c1-21(2)32-11-9-24(10-12-32)22-3-5-23(6-4-22)25-7-8-28-29(17-25)35-20-27-18-26(30-33(27)28)19-31-13-15-34-16-14-31/h3-8,17-18,21,24H,9-16,19-20H2,1-2H3. The Morgan fingerprint density at radius 3 is 2.40 bits per heavy atom. The van der Waals surface area contributed by atoms with E-state index in [9.17, 15) is 0 Å². The van der Waals surface area contributed by atoms with Crippen LogP contribution in [0.5, 0.6) is 5.75 Å². The van der Waals surface area contributed by atoms with Crippen molar-refractivity contribution in [3.63, 3.8) is 0 Å². The number of fused-ring (bicyclic) bond motifs is 3. The maximum atomic E-state index is 6.16. The number of aromatic nitrogens is 2. The Bertz CT molecular complexity index is 1160. The zero-order chi connectivity index (χ0) is 23.8. The fraction of sp³-hybridized carbons (Fsp3) is 0.483. The van der Waals surface area contributed by atoms with Gasteiger partial charge in [0.25, 0.3) is 0 Å². The van der Waals surface area contributed by atoms with Gasteiger partial charge >= 0.3 is 0 Å². The molecule has 35 heavy (non-hydrogen) atoms. The molecule has 1 aromatic heterocycles. The molecular formula is C29H36N4O2. The molecule has 6 rings (SSSR count). The smallest absolute Gasteiger partial charge is 0.146 e. The summed E-state index contributed by atoms with van der Waals surface area (Å²) < 4.78 is 13.7. The van der Waals surface area contributed by atoms with Gasteiger partial charge in [0.05, 0.1) is 24.6 Å². The molecule has 0 atom stereocenters. The van der Waals surface area contributed by atoms with Gasteiger partial charge in [-0.3, -0.25) is 4.90 Å². The second-order valence-electron chi connectivity index (χ2n) is 10.4. The van der Waals surface area contributed by atoms with Gasteiger partial charge in [0.1, 0.15) is 18.0 Å². The molecule has 0 unspecified atom stereocenters. The number of benzene rings is 2. The van der Waals surface area contributed by atoms with E-state index >= 15 is 0 Å². The Morgan fingerprint density at radius 1 is 0.914 bits per heavy atom.